The van der Waals surface area contributed by atoms with Crippen LogP contribution in [0.15, 0.2) is 5.38 Å². The second kappa shape index (κ2) is 5.97. The average molecular weight is 255 g/mol. The van der Waals surface area contributed by atoms with Crippen molar-refractivity contribution >= 4 is 17.4 Å². The number of hydrogen-bond donors (Lipinski definition) is 1. The highest BCUT2D eigenvalue weighted by Gasteiger charge is 2.15. The van der Waals surface area contributed by atoms with Gasteiger partial charge in [0.05, 0.1) is 18.2 Å². The minimum absolute atomic E-state index is 0.00146. The Morgan fingerprint density at radius 2 is 2.35 bits per heavy atom. The number of thiazole rings is 1. The molecule has 1 aliphatic heterocycles. The molecule has 6 heteroatoms. The van der Waals surface area contributed by atoms with Crippen LogP contribution in [0.2, 0.25) is 0 Å². The molecule has 1 N–H and O–H groups in total. The zero-order valence-corrected chi connectivity index (χ0v) is 10.8. The summed E-state index contributed by atoms with van der Waals surface area (Å²) < 4.78 is 5.20. The van der Waals surface area contributed by atoms with Crippen molar-refractivity contribution in [2.45, 2.75) is 13.3 Å². The van der Waals surface area contributed by atoms with E-state index in [0.717, 1.165) is 17.1 Å². The fourth-order valence-corrected chi connectivity index (χ4v) is 2.45. The Labute approximate surface area is 105 Å². The summed E-state index contributed by atoms with van der Waals surface area (Å²) in [6.45, 7) is 5.26. The van der Waals surface area contributed by atoms with E-state index in [-0.39, 0.29) is 6.03 Å². The van der Waals surface area contributed by atoms with Crippen molar-refractivity contribution in [1.82, 2.24) is 15.2 Å². The van der Waals surface area contributed by atoms with E-state index < -0.39 is 0 Å². The van der Waals surface area contributed by atoms with Gasteiger partial charge < -0.3 is 15.0 Å². The van der Waals surface area contributed by atoms with Gasteiger partial charge in [0, 0.05) is 37.1 Å². The summed E-state index contributed by atoms with van der Waals surface area (Å²) in [4.78, 5) is 17.9. The van der Waals surface area contributed by atoms with Gasteiger partial charge in [-0.15, -0.1) is 11.3 Å². The highest BCUT2D eigenvalue weighted by molar-refractivity contribution is 7.09. The Bertz CT molecular complexity index is 375. The van der Waals surface area contributed by atoms with Crippen molar-refractivity contribution in [3.05, 3.63) is 16.1 Å². The number of carbonyl (C=O) groups excluding carboxylic acids is 1. The van der Waals surface area contributed by atoms with Crippen molar-refractivity contribution in [2.24, 2.45) is 0 Å². The third-order valence-electron chi connectivity index (χ3n) is 2.58. The van der Waals surface area contributed by atoms with Gasteiger partial charge in [0.25, 0.3) is 0 Å². The Morgan fingerprint density at radius 1 is 1.59 bits per heavy atom. The molecule has 0 aliphatic carbocycles. The van der Waals surface area contributed by atoms with Crippen molar-refractivity contribution in [2.75, 3.05) is 32.8 Å². The number of morpholine rings is 1. The van der Waals surface area contributed by atoms with Gasteiger partial charge in [-0.25, -0.2) is 9.78 Å². The summed E-state index contributed by atoms with van der Waals surface area (Å²) in [5, 5.41) is 6.01. The predicted molar refractivity (Wildman–Crippen MR) is 66.3 cm³/mol. The summed E-state index contributed by atoms with van der Waals surface area (Å²) in [5.41, 5.74) is 1.05. The lowest BCUT2D eigenvalue weighted by atomic mass is 10.4. The van der Waals surface area contributed by atoms with Gasteiger partial charge in [-0.1, -0.05) is 0 Å². The molecule has 0 radical (unpaired) electrons. The molecule has 2 heterocycles. The summed E-state index contributed by atoms with van der Waals surface area (Å²) in [6, 6.07) is 0.00146. The second-order valence-electron chi connectivity index (χ2n) is 3.96. The first-order valence-electron chi connectivity index (χ1n) is 5.77. The molecular formula is C11H17N3O2S. The standard InChI is InChI=1S/C11H17N3O2S/c1-9-8-17-10(13-9)2-3-12-11(15)14-4-6-16-7-5-14/h8H,2-7H2,1H3,(H,12,15). The van der Waals surface area contributed by atoms with Crippen molar-refractivity contribution in [3.8, 4) is 0 Å². The Morgan fingerprint density at radius 3 is 3.00 bits per heavy atom. The Hall–Kier alpha value is -1.14. The van der Waals surface area contributed by atoms with Crippen LogP contribution in [0, 0.1) is 6.92 Å². The number of rotatable bonds is 3. The number of ether oxygens (including phenoxy) is 1. The Kier molecular flexibility index (Phi) is 4.33. The molecule has 1 fully saturated rings. The molecule has 2 amide bonds. The highest BCUT2D eigenvalue weighted by atomic mass is 32.1. The number of hydrogen-bond acceptors (Lipinski definition) is 4. The van der Waals surface area contributed by atoms with E-state index in [1.54, 1.807) is 16.2 Å². The fraction of sp³-hybridized carbons (Fsp3) is 0.636. The molecule has 0 spiro atoms. The normalized spacial score (nSPS) is 15.9. The summed E-state index contributed by atoms with van der Waals surface area (Å²) in [6.07, 6.45) is 0.800. The fourth-order valence-electron chi connectivity index (χ4n) is 1.67. The number of urea groups is 1. The number of aryl methyl sites for hydroxylation is 1. The van der Waals surface area contributed by atoms with Crippen LogP contribution in [0.5, 0.6) is 0 Å². The van der Waals surface area contributed by atoms with E-state index in [1.165, 1.54) is 0 Å². The van der Waals surface area contributed by atoms with Crippen LogP contribution in [0.4, 0.5) is 4.79 Å². The van der Waals surface area contributed by atoms with Gasteiger partial charge in [0.1, 0.15) is 0 Å². The molecule has 1 aromatic rings. The molecule has 1 aromatic heterocycles. The molecule has 0 bridgehead atoms. The number of amides is 2. The van der Waals surface area contributed by atoms with Crippen molar-refractivity contribution < 1.29 is 9.53 Å². The topological polar surface area (TPSA) is 54.5 Å². The number of aromatic nitrogens is 1. The first kappa shape index (κ1) is 12.3. The van der Waals surface area contributed by atoms with Crippen LogP contribution in [-0.2, 0) is 11.2 Å². The molecule has 5 nitrogen and oxygen atoms in total. The molecule has 17 heavy (non-hydrogen) atoms. The van der Waals surface area contributed by atoms with Gasteiger partial charge >= 0.3 is 6.03 Å². The third kappa shape index (κ3) is 3.67. The maximum Gasteiger partial charge on any atom is 0.317 e. The van der Waals surface area contributed by atoms with Crippen molar-refractivity contribution in [1.29, 1.82) is 0 Å². The van der Waals surface area contributed by atoms with Crippen LogP contribution in [0.1, 0.15) is 10.7 Å². The van der Waals surface area contributed by atoms with Gasteiger partial charge in [-0.3, -0.25) is 0 Å². The van der Waals surface area contributed by atoms with Gasteiger partial charge in [-0.05, 0) is 6.92 Å². The number of nitrogens with one attached hydrogen (secondary N) is 1. The van der Waals surface area contributed by atoms with Gasteiger partial charge in [0.15, 0.2) is 0 Å². The summed E-state index contributed by atoms with van der Waals surface area (Å²) >= 11 is 1.64. The summed E-state index contributed by atoms with van der Waals surface area (Å²) in [7, 11) is 0. The van der Waals surface area contributed by atoms with Crippen LogP contribution in [-0.4, -0.2) is 48.8 Å². The predicted octanol–water partition coefficient (Wildman–Crippen LogP) is 1.04. The maximum absolute atomic E-state index is 11.7. The zero-order valence-electron chi connectivity index (χ0n) is 9.94. The van der Waals surface area contributed by atoms with Gasteiger partial charge in [-0.2, -0.15) is 0 Å². The van der Waals surface area contributed by atoms with Gasteiger partial charge in [0.2, 0.25) is 0 Å². The summed E-state index contributed by atoms with van der Waals surface area (Å²) in [5.74, 6) is 0. The van der Waals surface area contributed by atoms with Crippen LogP contribution >= 0.6 is 11.3 Å². The Balaban J connectivity index is 1.69. The lowest BCUT2D eigenvalue weighted by Gasteiger charge is -2.26. The largest absolute Gasteiger partial charge is 0.378 e. The lowest BCUT2D eigenvalue weighted by Crippen LogP contribution is -2.46. The minimum atomic E-state index is 0.00146. The first-order valence-corrected chi connectivity index (χ1v) is 6.65. The number of nitrogens with zero attached hydrogens (tertiary/aromatic N) is 2. The molecule has 1 saturated heterocycles. The zero-order chi connectivity index (χ0) is 12.1. The van der Waals surface area contributed by atoms with E-state index in [4.69, 9.17) is 4.74 Å². The molecule has 0 unspecified atom stereocenters. The van der Waals surface area contributed by atoms with E-state index in [2.05, 4.69) is 10.3 Å². The molecule has 0 atom stereocenters. The molecule has 0 aromatic carbocycles. The molecule has 0 saturated carbocycles. The monoisotopic (exact) mass is 255 g/mol. The highest BCUT2D eigenvalue weighted by Crippen LogP contribution is 2.08. The van der Waals surface area contributed by atoms with Crippen molar-refractivity contribution in [3.63, 3.8) is 0 Å². The molecular weight excluding hydrogens is 238 g/mol. The first-order chi connectivity index (χ1) is 8.25. The smallest absolute Gasteiger partial charge is 0.317 e. The van der Waals surface area contributed by atoms with Crippen LogP contribution < -0.4 is 5.32 Å². The number of carbonyl (C=O) groups is 1. The average Bonchev–Trinajstić information content (AvgIpc) is 2.76. The molecule has 2 rings (SSSR count). The molecule has 94 valence electrons. The van der Waals surface area contributed by atoms with Crippen LogP contribution in [0.3, 0.4) is 0 Å². The quantitative estimate of drug-likeness (QED) is 0.878. The molecule has 1 aliphatic rings. The SMILES string of the molecule is Cc1csc(CCNC(=O)N2CCOCC2)n1. The second-order valence-corrected chi connectivity index (χ2v) is 4.91. The van der Waals surface area contributed by atoms with E-state index >= 15 is 0 Å². The van der Waals surface area contributed by atoms with E-state index in [0.29, 0.717) is 32.8 Å². The minimum Gasteiger partial charge on any atom is -0.378 e. The lowest BCUT2D eigenvalue weighted by molar-refractivity contribution is 0.0533. The van der Waals surface area contributed by atoms with E-state index in [9.17, 15) is 4.79 Å². The maximum atomic E-state index is 11.7. The van der Waals surface area contributed by atoms with E-state index in [1.807, 2.05) is 12.3 Å². The van der Waals surface area contributed by atoms with Crippen LogP contribution in [0.25, 0.3) is 0 Å². The third-order valence-corrected chi connectivity index (χ3v) is 3.61.